The zero-order chi connectivity index (χ0) is 14.4. The number of ether oxygens (including phenoxy) is 1. The molecule has 3 nitrogen and oxygen atoms in total. The van der Waals surface area contributed by atoms with Crippen LogP contribution in [0, 0.1) is 0 Å². The molecule has 2 rings (SSSR count). The first-order valence-corrected chi connectivity index (χ1v) is 6.34. The third-order valence-electron chi connectivity index (χ3n) is 2.92. The van der Waals surface area contributed by atoms with Gasteiger partial charge in [0.25, 0.3) is 0 Å². The first-order valence-electron chi connectivity index (χ1n) is 6.34. The number of carboxylic acid groups (broad SMARTS) is 1. The normalized spacial score (nSPS) is 11.4. The Morgan fingerprint density at radius 1 is 1.00 bits per heavy atom. The van der Waals surface area contributed by atoms with Crippen LogP contribution < -0.4 is 0 Å². The van der Waals surface area contributed by atoms with E-state index in [9.17, 15) is 4.79 Å². The summed E-state index contributed by atoms with van der Waals surface area (Å²) in [6, 6.07) is 19.4. The second kappa shape index (κ2) is 6.57. The molecule has 0 aliphatic heterocycles. The molecule has 0 spiro atoms. The lowest BCUT2D eigenvalue weighted by atomic mass is 10.0. The number of aliphatic carboxylic acids is 1. The van der Waals surface area contributed by atoms with Crippen LogP contribution in [0.5, 0.6) is 0 Å². The Labute approximate surface area is 118 Å². The maximum atomic E-state index is 10.8. The van der Waals surface area contributed by atoms with E-state index in [1.165, 1.54) is 13.2 Å². The van der Waals surface area contributed by atoms with E-state index in [1.807, 2.05) is 60.7 Å². The Bertz CT molecular complexity index is 549. The van der Waals surface area contributed by atoms with Crippen molar-refractivity contribution in [1.82, 2.24) is 0 Å². The Balaban J connectivity index is 2.31. The molecule has 0 unspecified atom stereocenters. The quantitative estimate of drug-likeness (QED) is 0.663. The molecule has 0 saturated carbocycles. The zero-order valence-corrected chi connectivity index (χ0v) is 11.2. The number of carbonyl (C=O) groups is 1. The average molecular weight is 268 g/mol. The predicted molar refractivity (Wildman–Crippen MR) is 77.2 cm³/mol. The molecule has 0 heterocycles. The van der Waals surface area contributed by atoms with Gasteiger partial charge in [-0.3, -0.25) is 0 Å². The standard InChI is InChI=1S/C17H16O3/c1-13(17(18)19)12-20-16(14-8-4-2-5-9-14)15-10-6-3-7-11-15/h2-12,16H,1H3,(H,18,19). The van der Waals surface area contributed by atoms with Gasteiger partial charge in [-0.15, -0.1) is 0 Å². The number of hydrogen-bond donors (Lipinski definition) is 1. The van der Waals surface area contributed by atoms with Crippen LogP contribution in [0.25, 0.3) is 0 Å². The summed E-state index contributed by atoms with van der Waals surface area (Å²) in [6.07, 6.45) is 0.985. The van der Waals surface area contributed by atoms with E-state index >= 15 is 0 Å². The highest BCUT2D eigenvalue weighted by molar-refractivity contribution is 5.85. The fourth-order valence-corrected chi connectivity index (χ4v) is 1.83. The van der Waals surface area contributed by atoms with E-state index in [-0.39, 0.29) is 11.7 Å². The average Bonchev–Trinajstić information content (AvgIpc) is 2.49. The minimum Gasteiger partial charge on any atom is -0.488 e. The molecule has 0 radical (unpaired) electrons. The van der Waals surface area contributed by atoms with Gasteiger partial charge in [0.2, 0.25) is 0 Å². The molecule has 0 saturated heterocycles. The van der Waals surface area contributed by atoms with Crippen molar-refractivity contribution in [2.45, 2.75) is 13.0 Å². The van der Waals surface area contributed by atoms with E-state index in [0.29, 0.717) is 0 Å². The molecule has 1 N–H and O–H groups in total. The minimum atomic E-state index is -0.982. The molecular weight excluding hydrogens is 252 g/mol. The van der Waals surface area contributed by atoms with E-state index in [2.05, 4.69) is 0 Å². The first-order chi connectivity index (χ1) is 9.68. The van der Waals surface area contributed by atoms with E-state index in [4.69, 9.17) is 9.84 Å². The summed E-state index contributed by atoms with van der Waals surface area (Å²) in [6.45, 7) is 1.51. The van der Waals surface area contributed by atoms with Gasteiger partial charge in [-0.1, -0.05) is 60.7 Å². The van der Waals surface area contributed by atoms with Crippen molar-refractivity contribution in [2.24, 2.45) is 0 Å². The van der Waals surface area contributed by atoms with Gasteiger partial charge in [-0.05, 0) is 18.1 Å². The molecule has 102 valence electrons. The molecule has 0 atom stereocenters. The Hall–Kier alpha value is -2.55. The van der Waals surface area contributed by atoms with Crippen molar-refractivity contribution in [3.8, 4) is 0 Å². The van der Waals surface area contributed by atoms with Crippen LogP contribution in [0.1, 0.15) is 24.2 Å². The van der Waals surface area contributed by atoms with Gasteiger partial charge in [0.15, 0.2) is 0 Å². The summed E-state index contributed by atoms with van der Waals surface area (Å²) in [7, 11) is 0. The molecule has 0 aliphatic carbocycles. The van der Waals surface area contributed by atoms with Crippen LogP contribution >= 0.6 is 0 Å². The number of benzene rings is 2. The van der Waals surface area contributed by atoms with Crippen molar-refractivity contribution < 1.29 is 14.6 Å². The Kier molecular flexibility index (Phi) is 4.56. The van der Waals surface area contributed by atoms with Gasteiger partial charge in [0, 0.05) is 0 Å². The maximum absolute atomic E-state index is 10.8. The van der Waals surface area contributed by atoms with Gasteiger partial charge in [0.1, 0.15) is 6.10 Å². The van der Waals surface area contributed by atoms with Gasteiger partial charge < -0.3 is 9.84 Å². The summed E-state index contributed by atoms with van der Waals surface area (Å²) >= 11 is 0. The number of carboxylic acids is 1. The highest BCUT2D eigenvalue weighted by atomic mass is 16.5. The third-order valence-corrected chi connectivity index (χ3v) is 2.92. The van der Waals surface area contributed by atoms with Gasteiger partial charge in [0.05, 0.1) is 11.8 Å². The first kappa shape index (κ1) is 13.9. The van der Waals surface area contributed by atoms with Gasteiger partial charge >= 0.3 is 5.97 Å². The topological polar surface area (TPSA) is 46.5 Å². The van der Waals surface area contributed by atoms with E-state index in [1.54, 1.807) is 0 Å². The van der Waals surface area contributed by atoms with Crippen LogP contribution in [-0.2, 0) is 9.53 Å². The Morgan fingerprint density at radius 2 is 1.45 bits per heavy atom. The number of rotatable bonds is 5. The lowest BCUT2D eigenvalue weighted by molar-refractivity contribution is -0.132. The van der Waals surface area contributed by atoms with E-state index < -0.39 is 5.97 Å². The SMILES string of the molecule is CC(=COC(c1ccccc1)c1ccccc1)C(=O)O. The molecule has 0 amide bonds. The summed E-state index contributed by atoms with van der Waals surface area (Å²) in [5.41, 5.74) is 2.13. The second-order valence-electron chi connectivity index (χ2n) is 4.44. The van der Waals surface area contributed by atoms with Crippen molar-refractivity contribution in [3.05, 3.63) is 83.6 Å². The Morgan fingerprint density at radius 3 is 1.85 bits per heavy atom. The molecular formula is C17H16O3. The maximum Gasteiger partial charge on any atom is 0.334 e. The smallest absolute Gasteiger partial charge is 0.334 e. The second-order valence-corrected chi connectivity index (χ2v) is 4.44. The highest BCUT2D eigenvalue weighted by Crippen LogP contribution is 2.26. The molecule has 0 aromatic heterocycles. The van der Waals surface area contributed by atoms with Crippen molar-refractivity contribution in [2.75, 3.05) is 0 Å². The molecule has 20 heavy (non-hydrogen) atoms. The number of hydrogen-bond acceptors (Lipinski definition) is 2. The predicted octanol–water partition coefficient (Wildman–Crippen LogP) is 3.78. The van der Waals surface area contributed by atoms with Crippen LogP contribution in [0.4, 0.5) is 0 Å². The summed E-state index contributed by atoms with van der Waals surface area (Å²) < 4.78 is 5.69. The van der Waals surface area contributed by atoms with E-state index in [0.717, 1.165) is 11.1 Å². The molecule has 2 aromatic rings. The van der Waals surface area contributed by atoms with Gasteiger partial charge in [-0.2, -0.15) is 0 Å². The lowest BCUT2D eigenvalue weighted by Crippen LogP contribution is -2.05. The molecule has 0 aliphatic rings. The molecule has 0 fully saturated rings. The van der Waals surface area contributed by atoms with Crippen LogP contribution in [0.2, 0.25) is 0 Å². The van der Waals surface area contributed by atoms with Gasteiger partial charge in [-0.25, -0.2) is 4.79 Å². The molecule has 2 aromatic carbocycles. The summed E-state index contributed by atoms with van der Waals surface area (Å²) in [5, 5.41) is 8.89. The monoisotopic (exact) mass is 268 g/mol. The zero-order valence-electron chi connectivity index (χ0n) is 11.2. The molecule has 0 bridgehead atoms. The van der Waals surface area contributed by atoms with Crippen LogP contribution in [-0.4, -0.2) is 11.1 Å². The van der Waals surface area contributed by atoms with Crippen LogP contribution in [0.3, 0.4) is 0 Å². The molecule has 3 heteroatoms. The third kappa shape index (κ3) is 3.48. The summed E-state index contributed by atoms with van der Waals surface area (Å²) in [4.78, 5) is 10.8. The lowest BCUT2D eigenvalue weighted by Gasteiger charge is -2.18. The van der Waals surface area contributed by atoms with Crippen molar-refractivity contribution in [3.63, 3.8) is 0 Å². The highest BCUT2D eigenvalue weighted by Gasteiger charge is 2.14. The fourth-order valence-electron chi connectivity index (χ4n) is 1.83. The summed E-state index contributed by atoms with van der Waals surface area (Å²) in [5.74, 6) is -0.982. The largest absolute Gasteiger partial charge is 0.488 e. The van der Waals surface area contributed by atoms with Crippen LogP contribution in [0.15, 0.2) is 72.5 Å². The minimum absolute atomic E-state index is 0.168. The van der Waals surface area contributed by atoms with Crippen molar-refractivity contribution >= 4 is 5.97 Å². The van der Waals surface area contributed by atoms with Crippen molar-refractivity contribution in [1.29, 1.82) is 0 Å². The fraction of sp³-hybridized carbons (Fsp3) is 0.118.